The number of primary amides is 1. The summed E-state index contributed by atoms with van der Waals surface area (Å²) in [6, 6.07) is 0. The van der Waals surface area contributed by atoms with E-state index in [0.29, 0.717) is 0 Å². The Morgan fingerprint density at radius 2 is 2.46 bits per heavy atom. The Hall–Kier alpha value is -1.47. The number of hydrogen-bond acceptors (Lipinski definition) is 5. The summed E-state index contributed by atoms with van der Waals surface area (Å²) in [5.41, 5.74) is 4.90. The maximum Gasteiger partial charge on any atom is 0.288 e. The summed E-state index contributed by atoms with van der Waals surface area (Å²) >= 11 is 0. The lowest BCUT2D eigenvalue weighted by molar-refractivity contribution is 0.0779. The quantitative estimate of drug-likeness (QED) is 0.490. The first-order valence-electron chi connectivity index (χ1n) is 3.61. The third-order valence-electron chi connectivity index (χ3n) is 1.37. The van der Waals surface area contributed by atoms with Crippen LogP contribution < -0.4 is 5.73 Å². The van der Waals surface area contributed by atoms with Gasteiger partial charge in [-0.15, -0.1) is 5.10 Å². The van der Waals surface area contributed by atoms with Crippen LogP contribution in [0.4, 0.5) is 0 Å². The molecule has 1 aromatic rings. The SMILES string of the molecule is NC(=O)c1ncn(CC(O)CO)n1. The van der Waals surface area contributed by atoms with Crippen LogP contribution in [0.25, 0.3) is 0 Å². The summed E-state index contributed by atoms with van der Waals surface area (Å²) in [5.74, 6) is -0.831. The number of nitrogens with zero attached hydrogens (tertiary/aromatic N) is 3. The molecule has 1 unspecified atom stereocenters. The van der Waals surface area contributed by atoms with E-state index in [-0.39, 0.29) is 19.0 Å². The Kier molecular flexibility index (Phi) is 2.93. The van der Waals surface area contributed by atoms with Crippen molar-refractivity contribution in [3.05, 3.63) is 12.2 Å². The Bertz CT molecular complexity index is 298. The highest BCUT2D eigenvalue weighted by Gasteiger charge is 2.08. The predicted molar refractivity (Wildman–Crippen MR) is 41.6 cm³/mol. The van der Waals surface area contributed by atoms with E-state index in [1.54, 1.807) is 0 Å². The Morgan fingerprint density at radius 3 is 2.92 bits per heavy atom. The number of hydrogen-bond donors (Lipinski definition) is 3. The monoisotopic (exact) mass is 186 g/mol. The molecular weight excluding hydrogens is 176 g/mol. The van der Waals surface area contributed by atoms with Crippen LogP contribution >= 0.6 is 0 Å². The topological polar surface area (TPSA) is 114 Å². The molecule has 0 saturated carbocycles. The average molecular weight is 186 g/mol. The van der Waals surface area contributed by atoms with E-state index < -0.39 is 12.0 Å². The molecule has 13 heavy (non-hydrogen) atoms. The molecule has 4 N–H and O–H groups in total. The number of aliphatic hydroxyl groups is 2. The van der Waals surface area contributed by atoms with Crippen LogP contribution in [0, 0.1) is 0 Å². The van der Waals surface area contributed by atoms with Crippen LogP contribution in [0.5, 0.6) is 0 Å². The van der Waals surface area contributed by atoms with Crippen LogP contribution in [-0.4, -0.2) is 43.6 Å². The molecule has 1 amide bonds. The third kappa shape index (κ3) is 2.49. The molecule has 0 saturated heterocycles. The minimum Gasteiger partial charge on any atom is -0.394 e. The van der Waals surface area contributed by atoms with Crippen molar-refractivity contribution in [2.45, 2.75) is 12.6 Å². The van der Waals surface area contributed by atoms with Crippen LogP contribution in [0.1, 0.15) is 10.6 Å². The standard InChI is InChI=1S/C6H10N4O3/c7-5(13)6-8-3-10(9-6)1-4(12)2-11/h3-4,11-12H,1-2H2,(H2,7,13). The van der Waals surface area contributed by atoms with Crippen LogP contribution in [0.2, 0.25) is 0 Å². The maximum atomic E-state index is 10.5. The fraction of sp³-hybridized carbons (Fsp3) is 0.500. The van der Waals surface area contributed by atoms with E-state index in [9.17, 15) is 4.79 Å². The normalized spacial score (nSPS) is 12.8. The first kappa shape index (κ1) is 9.62. The predicted octanol–water partition coefficient (Wildman–Crippen LogP) is -2.27. The van der Waals surface area contributed by atoms with Crippen molar-refractivity contribution in [3.8, 4) is 0 Å². The first-order valence-corrected chi connectivity index (χ1v) is 3.61. The molecular formula is C6H10N4O3. The molecule has 0 fully saturated rings. The van der Waals surface area contributed by atoms with Gasteiger partial charge in [0, 0.05) is 0 Å². The van der Waals surface area contributed by atoms with Gasteiger partial charge < -0.3 is 15.9 Å². The number of nitrogens with two attached hydrogens (primary N) is 1. The third-order valence-corrected chi connectivity index (χ3v) is 1.37. The average Bonchev–Trinajstić information content (AvgIpc) is 2.52. The molecule has 1 rings (SSSR count). The van der Waals surface area contributed by atoms with E-state index in [2.05, 4.69) is 10.1 Å². The smallest absolute Gasteiger partial charge is 0.288 e. The van der Waals surface area contributed by atoms with Gasteiger partial charge in [-0.1, -0.05) is 0 Å². The van der Waals surface area contributed by atoms with Gasteiger partial charge in [-0.3, -0.25) is 4.79 Å². The van der Waals surface area contributed by atoms with Crippen LogP contribution in [-0.2, 0) is 6.54 Å². The van der Waals surface area contributed by atoms with Gasteiger partial charge in [0.25, 0.3) is 5.91 Å². The van der Waals surface area contributed by atoms with Crippen molar-refractivity contribution in [1.82, 2.24) is 14.8 Å². The highest BCUT2D eigenvalue weighted by atomic mass is 16.3. The molecule has 1 heterocycles. The Morgan fingerprint density at radius 1 is 1.77 bits per heavy atom. The van der Waals surface area contributed by atoms with Crippen molar-refractivity contribution >= 4 is 5.91 Å². The first-order chi connectivity index (χ1) is 6.13. The van der Waals surface area contributed by atoms with Gasteiger partial charge in [-0.2, -0.15) is 0 Å². The second-order valence-electron chi connectivity index (χ2n) is 2.49. The molecule has 1 atom stereocenters. The minimum atomic E-state index is -0.914. The Labute approximate surface area is 73.8 Å². The van der Waals surface area contributed by atoms with Gasteiger partial charge in [0.15, 0.2) is 0 Å². The zero-order valence-corrected chi connectivity index (χ0v) is 6.79. The maximum absolute atomic E-state index is 10.5. The molecule has 1 aromatic heterocycles. The summed E-state index contributed by atoms with van der Waals surface area (Å²) in [7, 11) is 0. The number of amides is 1. The number of rotatable bonds is 4. The van der Waals surface area contributed by atoms with Gasteiger partial charge in [-0.05, 0) is 0 Å². The van der Waals surface area contributed by atoms with Gasteiger partial charge in [0.1, 0.15) is 6.33 Å². The molecule has 0 aromatic carbocycles. The van der Waals surface area contributed by atoms with E-state index in [1.807, 2.05) is 0 Å². The minimum absolute atomic E-state index is 0.0801. The van der Waals surface area contributed by atoms with Gasteiger partial charge >= 0.3 is 0 Å². The summed E-state index contributed by atoms with van der Waals surface area (Å²) in [6.45, 7) is -0.289. The molecule has 72 valence electrons. The number of carbonyl (C=O) groups is 1. The zero-order chi connectivity index (χ0) is 9.84. The lowest BCUT2D eigenvalue weighted by Gasteiger charge is -2.04. The number of aliphatic hydroxyl groups excluding tert-OH is 2. The summed E-state index contributed by atoms with van der Waals surface area (Å²) in [5, 5.41) is 21.2. The molecule has 7 nitrogen and oxygen atoms in total. The van der Waals surface area contributed by atoms with Crippen molar-refractivity contribution in [2.75, 3.05) is 6.61 Å². The molecule has 0 aliphatic carbocycles. The highest BCUT2D eigenvalue weighted by molar-refractivity contribution is 5.88. The molecule has 7 heteroatoms. The summed E-state index contributed by atoms with van der Waals surface area (Å²) in [4.78, 5) is 14.1. The van der Waals surface area contributed by atoms with Crippen LogP contribution in [0.3, 0.4) is 0 Å². The van der Waals surface area contributed by atoms with Crippen LogP contribution in [0.15, 0.2) is 6.33 Å². The van der Waals surface area contributed by atoms with Gasteiger partial charge in [0.05, 0.1) is 19.3 Å². The lowest BCUT2D eigenvalue weighted by Crippen LogP contribution is -2.21. The zero-order valence-electron chi connectivity index (χ0n) is 6.79. The molecule has 0 spiro atoms. The van der Waals surface area contributed by atoms with E-state index >= 15 is 0 Å². The summed E-state index contributed by atoms with van der Waals surface area (Å²) in [6.07, 6.45) is 0.348. The molecule has 0 aliphatic rings. The lowest BCUT2D eigenvalue weighted by atomic mass is 10.4. The van der Waals surface area contributed by atoms with E-state index in [1.165, 1.54) is 11.0 Å². The molecule has 0 radical (unpaired) electrons. The Balaban J connectivity index is 2.64. The summed E-state index contributed by atoms with van der Waals surface area (Å²) < 4.78 is 1.24. The molecule has 0 bridgehead atoms. The van der Waals surface area contributed by atoms with Crippen molar-refractivity contribution in [2.24, 2.45) is 5.73 Å². The van der Waals surface area contributed by atoms with E-state index in [0.717, 1.165) is 0 Å². The fourth-order valence-corrected chi connectivity index (χ4v) is 0.769. The number of aromatic nitrogens is 3. The second-order valence-corrected chi connectivity index (χ2v) is 2.49. The largest absolute Gasteiger partial charge is 0.394 e. The van der Waals surface area contributed by atoms with Gasteiger partial charge in [-0.25, -0.2) is 9.67 Å². The number of carbonyl (C=O) groups excluding carboxylic acids is 1. The molecule has 0 aliphatic heterocycles. The van der Waals surface area contributed by atoms with E-state index in [4.69, 9.17) is 15.9 Å². The highest BCUT2D eigenvalue weighted by Crippen LogP contribution is 1.91. The van der Waals surface area contributed by atoms with Crippen molar-refractivity contribution in [3.63, 3.8) is 0 Å². The second kappa shape index (κ2) is 3.97. The van der Waals surface area contributed by atoms with Crippen molar-refractivity contribution < 1.29 is 15.0 Å². The van der Waals surface area contributed by atoms with Crippen molar-refractivity contribution in [1.29, 1.82) is 0 Å². The fourth-order valence-electron chi connectivity index (χ4n) is 0.769. The van der Waals surface area contributed by atoms with Gasteiger partial charge in [0.2, 0.25) is 5.82 Å².